The molecule has 3 rings (SSSR count). The second-order valence-electron chi connectivity index (χ2n) is 5.08. The van der Waals surface area contributed by atoms with Crippen molar-refractivity contribution in [3.8, 4) is 11.3 Å². The minimum atomic E-state index is -0.692. The largest absolute Gasteiger partial charge is 0.496 e. The second kappa shape index (κ2) is 6.16. The molecule has 0 saturated heterocycles. The van der Waals surface area contributed by atoms with Gasteiger partial charge in [-0.25, -0.2) is 8.78 Å². The van der Waals surface area contributed by atoms with E-state index in [0.717, 1.165) is 34.4 Å². The van der Waals surface area contributed by atoms with Crippen LogP contribution in [-0.2, 0) is 4.74 Å². The number of ether oxygens (including phenoxy) is 1. The van der Waals surface area contributed by atoms with Gasteiger partial charge in [-0.1, -0.05) is 30.3 Å². The lowest BCUT2D eigenvalue weighted by Gasteiger charge is -2.11. The quantitative estimate of drug-likeness (QED) is 0.621. The highest BCUT2D eigenvalue weighted by Crippen LogP contribution is 2.31. The average molecular weight is 311 g/mol. The molecule has 1 aromatic heterocycles. The molecule has 0 aliphatic carbocycles. The molecule has 0 aliphatic heterocycles. The van der Waals surface area contributed by atoms with E-state index in [1.165, 1.54) is 0 Å². The van der Waals surface area contributed by atoms with Crippen molar-refractivity contribution in [2.45, 2.75) is 6.92 Å². The Balaban J connectivity index is 2.26. The van der Waals surface area contributed by atoms with Crippen molar-refractivity contribution < 1.29 is 13.5 Å². The van der Waals surface area contributed by atoms with E-state index in [2.05, 4.69) is 4.98 Å². The number of fused-ring (bicyclic) bond motifs is 1. The lowest BCUT2D eigenvalue weighted by molar-refractivity contribution is 0.369. The van der Waals surface area contributed by atoms with Gasteiger partial charge in [0.25, 0.3) is 0 Å². The van der Waals surface area contributed by atoms with E-state index in [1.54, 1.807) is 13.2 Å². The molecular weight excluding hydrogens is 296 g/mol. The van der Waals surface area contributed by atoms with Crippen molar-refractivity contribution in [3.05, 3.63) is 71.9 Å². The number of rotatable bonds is 3. The van der Waals surface area contributed by atoms with Crippen LogP contribution < -0.4 is 0 Å². The summed E-state index contributed by atoms with van der Waals surface area (Å²) in [5.74, 6) is -0.641. The Kier molecular flexibility index (Phi) is 4.06. The molecular formula is C19H15F2NO. The summed E-state index contributed by atoms with van der Waals surface area (Å²) >= 11 is 0. The first-order chi connectivity index (χ1) is 11.1. The van der Waals surface area contributed by atoms with Crippen LogP contribution in [0.25, 0.3) is 27.8 Å². The van der Waals surface area contributed by atoms with E-state index < -0.39 is 11.6 Å². The summed E-state index contributed by atoms with van der Waals surface area (Å²) in [5.41, 5.74) is 1.64. The van der Waals surface area contributed by atoms with Gasteiger partial charge in [-0.15, -0.1) is 0 Å². The minimum absolute atomic E-state index is 0.133. The predicted octanol–water partition coefficient (Wildman–Crippen LogP) is 5.19. The standard InChI is InChI=1S/C19H15F2NO/c1-3-18(23-2)13-8-7-12-5-4-6-15(16(12)9-13)19-17(21)10-14(20)11-22-19/h3-11H,1-2H3. The fraction of sp³-hybridized carbons (Fsp3) is 0.105. The molecule has 0 amide bonds. The number of aromatic nitrogens is 1. The summed E-state index contributed by atoms with van der Waals surface area (Å²) in [7, 11) is 1.60. The zero-order chi connectivity index (χ0) is 16.4. The van der Waals surface area contributed by atoms with Gasteiger partial charge in [-0.3, -0.25) is 4.98 Å². The van der Waals surface area contributed by atoms with E-state index in [-0.39, 0.29) is 5.69 Å². The van der Waals surface area contributed by atoms with Gasteiger partial charge in [-0.05, 0) is 29.8 Å². The molecule has 0 spiro atoms. The van der Waals surface area contributed by atoms with Gasteiger partial charge in [0.05, 0.1) is 13.3 Å². The monoisotopic (exact) mass is 311 g/mol. The number of hydrogen-bond donors (Lipinski definition) is 0. The van der Waals surface area contributed by atoms with Gasteiger partial charge in [0.1, 0.15) is 17.3 Å². The van der Waals surface area contributed by atoms with Crippen LogP contribution in [0.1, 0.15) is 12.5 Å². The molecule has 2 aromatic carbocycles. The molecule has 1 heterocycles. The molecule has 0 aliphatic rings. The lowest BCUT2D eigenvalue weighted by Crippen LogP contribution is -1.93. The Bertz CT molecular complexity index is 903. The number of hydrogen-bond acceptors (Lipinski definition) is 2. The van der Waals surface area contributed by atoms with Crippen LogP contribution in [0.5, 0.6) is 0 Å². The summed E-state index contributed by atoms with van der Waals surface area (Å²) in [6.07, 6.45) is 2.88. The smallest absolute Gasteiger partial charge is 0.152 e. The summed E-state index contributed by atoms with van der Waals surface area (Å²) < 4.78 is 32.6. The highest BCUT2D eigenvalue weighted by molar-refractivity contribution is 5.97. The van der Waals surface area contributed by atoms with Crippen molar-refractivity contribution in [2.75, 3.05) is 7.11 Å². The van der Waals surface area contributed by atoms with Crippen molar-refractivity contribution in [1.82, 2.24) is 4.98 Å². The minimum Gasteiger partial charge on any atom is -0.496 e. The summed E-state index contributed by atoms with van der Waals surface area (Å²) in [5, 5.41) is 1.78. The molecule has 0 radical (unpaired) electrons. The van der Waals surface area contributed by atoms with Gasteiger partial charge in [0.2, 0.25) is 0 Å². The summed E-state index contributed by atoms with van der Waals surface area (Å²) in [6.45, 7) is 1.89. The Morgan fingerprint density at radius 2 is 1.96 bits per heavy atom. The van der Waals surface area contributed by atoms with E-state index in [4.69, 9.17) is 4.74 Å². The Morgan fingerprint density at radius 3 is 2.65 bits per heavy atom. The Labute approximate surface area is 133 Å². The SMILES string of the molecule is CC=C(OC)c1ccc2cccc(-c3ncc(F)cc3F)c2c1. The molecule has 0 saturated carbocycles. The number of halogens is 2. The summed E-state index contributed by atoms with van der Waals surface area (Å²) in [4.78, 5) is 3.92. The molecule has 23 heavy (non-hydrogen) atoms. The van der Waals surface area contributed by atoms with E-state index >= 15 is 0 Å². The molecule has 3 aromatic rings. The Hall–Kier alpha value is -2.75. The van der Waals surface area contributed by atoms with Crippen molar-refractivity contribution in [2.24, 2.45) is 0 Å². The average Bonchev–Trinajstić information content (AvgIpc) is 2.56. The van der Waals surface area contributed by atoms with Gasteiger partial charge in [-0.2, -0.15) is 0 Å². The fourth-order valence-electron chi connectivity index (χ4n) is 2.65. The first kappa shape index (κ1) is 15.2. The van der Waals surface area contributed by atoms with Crippen LogP contribution >= 0.6 is 0 Å². The zero-order valence-electron chi connectivity index (χ0n) is 12.8. The molecule has 0 unspecified atom stereocenters. The maximum atomic E-state index is 14.1. The van der Waals surface area contributed by atoms with E-state index in [9.17, 15) is 8.78 Å². The number of allylic oxidation sites excluding steroid dienone is 1. The first-order valence-electron chi connectivity index (χ1n) is 7.19. The van der Waals surface area contributed by atoms with Crippen LogP contribution in [0.4, 0.5) is 8.78 Å². The normalized spacial score (nSPS) is 11.7. The topological polar surface area (TPSA) is 22.1 Å². The zero-order valence-corrected chi connectivity index (χ0v) is 12.8. The van der Waals surface area contributed by atoms with Gasteiger partial charge in [0, 0.05) is 17.2 Å². The molecule has 0 fully saturated rings. The van der Waals surface area contributed by atoms with Gasteiger partial charge in [0.15, 0.2) is 5.82 Å². The lowest BCUT2D eigenvalue weighted by atomic mass is 9.98. The first-order valence-corrected chi connectivity index (χ1v) is 7.19. The van der Waals surface area contributed by atoms with Crippen LogP contribution in [0.2, 0.25) is 0 Å². The van der Waals surface area contributed by atoms with Gasteiger partial charge >= 0.3 is 0 Å². The third-order valence-electron chi connectivity index (χ3n) is 3.71. The molecule has 116 valence electrons. The predicted molar refractivity (Wildman–Crippen MR) is 87.8 cm³/mol. The van der Waals surface area contributed by atoms with E-state index in [0.29, 0.717) is 5.56 Å². The number of methoxy groups -OCH3 is 1. The third-order valence-corrected chi connectivity index (χ3v) is 3.71. The Morgan fingerprint density at radius 1 is 1.13 bits per heavy atom. The van der Waals surface area contributed by atoms with Crippen molar-refractivity contribution in [1.29, 1.82) is 0 Å². The number of nitrogens with zero attached hydrogens (tertiary/aromatic N) is 1. The van der Waals surface area contributed by atoms with E-state index in [1.807, 2.05) is 43.3 Å². The van der Waals surface area contributed by atoms with Crippen molar-refractivity contribution >= 4 is 16.5 Å². The molecule has 0 atom stereocenters. The molecule has 0 bridgehead atoms. The summed E-state index contributed by atoms with van der Waals surface area (Å²) in [6, 6.07) is 12.2. The van der Waals surface area contributed by atoms with Crippen molar-refractivity contribution in [3.63, 3.8) is 0 Å². The highest BCUT2D eigenvalue weighted by Gasteiger charge is 2.12. The van der Waals surface area contributed by atoms with Crippen LogP contribution in [0, 0.1) is 11.6 Å². The fourth-order valence-corrected chi connectivity index (χ4v) is 2.65. The maximum Gasteiger partial charge on any atom is 0.152 e. The maximum absolute atomic E-state index is 14.1. The van der Waals surface area contributed by atoms with Gasteiger partial charge < -0.3 is 4.74 Å². The highest BCUT2D eigenvalue weighted by atomic mass is 19.1. The number of pyridine rings is 1. The number of benzene rings is 2. The van der Waals surface area contributed by atoms with Crippen LogP contribution in [-0.4, -0.2) is 12.1 Å². The molecule has 0 N–H and O–H groups in total. The third kappa shape index (κ3) is 2.80. The van der Waals surface area contributed by atoms with Crippen LogP contribution in [0.3, 0.4) is 0 Å². The van der Waals surface area contributed by atoms with Crippen LogP contribution in [0.15, 0.2) is 54.7 Å². The molecule has 4 heteroatoms. The second-order valence-corrected chi connectivity index (χ2v) is 5.08. The molecule has 2 nitrogen and oxygen atoms in total.